The Bertz CT molecular complexity index is 642. The number of benzene rings is 1. The lowest BCUT2D eigenvalue weighted by Gasteiger charge is -2.27. The molecule has 1 aromatic heterocycles. The molecule has 1 N–H and O–H groups in total. The van der Waals surface area contributed by atoms with Crippen LogP contribution >= 0.6 is 11.6 Å². The molecule has 1 aliphatic heterocycles. The van der Waals surface area contributed by atoms with Crippen LogP contribution in [0.15, 0.2) is 18.3 Å². The van der Waals surface area contributed by atoms with Gasteiger partial charge in [0.05, 0.1) is 20.4 Å². The molecule has 112 valence electrons. The average Bonchev–Trinajstić information content (AvgIpc) is 2.94. The van der Waals surface area contributed by atoms with Gasteiger partial charge in [0.15, 0.2) is 11.5 Å². The van der Waals surface area contributed by atoms with Crippen molar-refractivity contribution in [3.8, 4) is 11.5 Å². The Morgan fingerprint density at radius 3 is 2.95 bits per heavy atom. The lowest BCUT2D eigenvalue weighted by Crippen LogP contribution is -2.29. The molecule has 0 fully saturated rings. The zero-order valence-corrected chi connectivity index (χ0v) is 12.9. The second-order valence-corrected chi connectivity index (χ2v) is 5.57. The number of aromatic nitrogens is 2. The van der Waals surface area contributed by atoms with Crippen LogP contribution in [-0.4, -0.2) is 35.9 Å². The summed E-state index contributed by atoms with van der Waals surface area (Å²) in [5.41, 5.74) is 3.53. The van der Waals surface area contributed by atoms with Crippen molar-refractivity contribution in [1.29, 1.82) is 0 Å². The first-order chi connectivity index (χ1) is 10.2. The molecule has 1 aromatic carbocycles. The lowest BCUT2D eigenvalue weighted by atomic mass is 10.1. The van der Waals surface area contributed by atoms with Crippen LogP contribution in [0, 0.1) is 0 Å². The Balaban J connectivity index is 1.83. The van der Waals surface area contributed by atoms with Crippen LogP contribution in [-0.2, 0) is 19.5 Å². The normalized spacial score (nSPS) is 14.8. The minimum absolute atomic E-state index is 0.656. The van der Waals surface area contributed by atoms with Gasteiger partial charge >= 0.3 is 0 Å². The molecular weight excluding hydrogens is 290 g/mol. The van der Waals surface area contributed by atoms with E-state index in [4.69, 9.17) is 21.1 Å². The van der Waals surface area contributed by atoms with Gasteiger partial charge in [-0.05, 0) is 6.07 Å². The van der Waals surface area contributed by atoms with E-state index in [-0.39, 0.29) is 0 Å². The van der Waals surface area contributed by atoms with E-state index in [9.17, 15) is 0 Å². The van der Waals surface area contributed by atoms with Crippen LogP contribution in [0.25, 0.3) is 0 Å². The number of methoxy groups -OCH3 is 2. The molecule has 0 atom stereocenters. The highest BCUT2D eigenvalue weighted by atomic mass is 35.5. The maximum atomic E-state index is 6.17. The molecule has 0 aliphatic carbocycles. The third-order valence-corrected chi connectivity index (χ3v) is 4.01. The first-order valence-corrected chi connectivity index (χ1v) is 7.23. The predicted octanol–water partition coefficient (Wildman–Crippen LogP) is 2.64. The molecule has 0 saturated carbocycles. The molecule has 5 nitrogen and oxygen atoms in total. The van der Waals surface area contributed by atoms with Gasteiger partial charge in [-0.1, -0.05) is 11.6 Å². The maximum absolute atomic E-state index is 6.17. The number of halogens is 1. The van der Waals surface area contributed by atoms with Crippen LogP contribution in [0.3, 0.4) is 0 Å². The van der Waals surface area contributed by atoms with E-state index in [0.29, 0.717) is 10.8 Å². The van der Waals surface area contributed by atoms with E-state index < -0.39 is 0 Å². The summed E-state index contributed by atoms with van der Waals surface area (Å²) in [4.78, 5) is 2.35. The van der Waals surface area contributed by atoms with Gasteiger partial charge in [-0.25, -0.2) is 0 Å². The van der Waals surface area contributed by atoms with Gasteiger partial charge in [0.2, 0.25) is 0 Å². The summed E-state index contributed by atoms with van der Waals surface area (Å²) in [6.45, 7) is 2.63. The summed E-state index contributed by atoms with van der Waals surface area (Å²) in [5.74, 6) is 1.42. The van der Waals surface area contributed by atoms with Gasteiger partial charge < -0.3 is 9.47 Å². The summed E-state index contributed by atoms with van der Waals surface area (Å²) in [6, 6.07) is 3.71. The highest BCUT2D eigenvalue weighted by Crippen LogP contribution is 2.35. The van der Waals surface area contributed by atoms with Crippen molar-refractivity contribution >= 4 is 11.6 Å². The fourth-order valence-electron chi connectivity index (χ4n) is 2.78. The third kappa shape index (κ3) is 2.84. The fraction of sp³-hybridized carbons (Fsp3) is 0.400. The van der Waals surface area contributed by atoms with Crippen LogP contribution in [0.1, 0.15) is 16.8 Å². The zero-order chi connectivity index (χ0) is 14.8. The summed E-state index contributed by atoms with van der Waals surface area (Å²) in [7, 11) is 3.27. The van der Waals surface area contributed by atoms with E-state index in [1.165, 1.54) is 11.3 Å². The summed E-state index contributed by atoms with van der Waals surface area (Å²) in [5, 5.41) is 7.81. The van der Waals surface area contributed by atoms with Crippen LogP contribution in [0.4, 0.5) is 0 Å². The maximum Gasteiger partial charge on any atom is 0.165 e. The van der Waals surface area contributed by atoms with Crippen molar-refractivity contribution in [3.63, 3.8) is 0 Å². The molecule has 21 heavy (non-hydrogen) atoms. The van der Waals surface area contributed by atoms with Crippen molar-refractivity contribution < 1.29 is 9.47 Å². The van der Waals surface area contributed by atoms with E-state index >= 15 is 0 Å². The highest BCUT2D eigenvalue weighted by Gasteiger charge is 2.20. The van der Waals surface area contributed by atoms with E-state index in [1.54, 1.807) is 20.3 Å². The topological polar surface area (TPSA) is 50.4 Å². The van der Waals surface area contributed by atoms with Gasteiger partial charge in [-0.15, -0.1) is 0 Å². The number of fused-ring (bicyclic) bond motifs is 1. The molecular formula is C15H18ClN3O2. The molecule has 1 aliphatic rings. The molecule has 0 amide bonds. The summed E-state index contributed by atoms with van der Waals surface area (Å²) >= 11 is 6.17. The minimum Gasteiger partial charge on any atom is -0.493 e. The molecule has 0 bridgehead atoms. The molecule has 2 aromatic rings. The minimum atomic E-state index is 0.656. The SMILES string of the molecule is COc1cc(Cl)cc(CN2CCc3[nH]ncc3C2)c1OC. The van der Waals surface area contributed by atoms with Crippen molar-refractivity contribution in [2.24, 2.45) is 0 Å². The van der Waals surface area contributed by atoms with Crippen LogP contribution < -0.4 is 9.47 Å². The van der Waals surface area contributed by atoms with Gasteiger partial charge in [-0.3, -0.25) is 10.00 Å². The van der Waals surface area contributed by atoms with Crippen LogP contribution in [0.2, 0.25) is 5.02 Å². The van der Waals surface area contributed by atoms with Crippen molar-refractivity contribution in [2.45, 2.75) is 19.5 Å². The van der Waals surface area contributed by atoms with Gasteiger partial charge in [0, 0.05) is 54.0 Å². The Labute approximate surface area is 128 Å². The first kappa shape index (κ1) is 14.2. The molecule has 0 spiro atoms. The molecule has 3 rings (SSSR count). The van der Waals surface area contributed by atoms with Crippen molar-refractivity contribution in [1.82, 2.24) is 15.1 Å². The van der Waals surface area contributed by atoms with Crippen LogP contribution in [0.5, 0.6) is 11.5 Å². The number of rotatable bonds is 4. The predicted molar refractivity (Wildman–Crippen MR) is 81.0 cm³/mol. The highest BCUT2D eigenvalue weighted by molar-refractivity contribution is 6.30. The number of ether oxygens (including phenoxy) is 2. The number of H-pyrrole nitrogens is 1. The van der Waals surface area contributed by atoms with E-state index in [2.05, 4.69) is 15.1 Å². The summed E-state index contributed by atoms with van der Waals surface area (Å²) < 4.78 is 10.8. The Hall–Kier alpha value is -1.72. The zero-order valence-electron chi connectivity index (χ0n) is 12.1. The number of hydrogen-bond donors (Lipinski definition) is 1. The first-order valence-electron chi connectivity index (χ1n) is 6.85. The molecule has 0 saturated heterocycles. The van der Waals surface area contributed by atoms with E-state index in [1.807, 2.05) is 12.3 Å². The summed E-state index contributed by atoms with van der Waals surface area (Å²) in [6.07, 6.45) is 2.88. The van der Waals surface area contributed by atoms with E-state index in [0.717, 1.165) is 37.4 Å². The molecule has 0 unspecified atom stereocenters. The number of aromatic amines is 1. The largest absolute Gasteiger partial charge is 0.493 e. The quantitative estimate of drug-likeness (QED) is 0.943. The van der Waals surface area contributed by atoms with Crippen molar-refractivity contribution in [3.05, 3.63) is 40.2 Å². The Kier molecular flexibility index (Phi) is 4.03. The van der Waals surface area contributed by atoms with Gasteiger partial charge in [0.25, 0.3) is 0 Å². The molecule has 6 heteroatoms. The van der Waals surface area contributed by atoms with Crippen molar-refractivity contribution in [2.75, 3.05) is 20.8 Å². The lowest BCUT2D eigenvalue weighted by molar-refractivity contribution is 0.239. The fourth-order valence-corrected chi connectivity index (χ4v) is 3.01. The average molecular weight is 308 g/mol. The Morgan fingerprint density at radius 2 is 2.19 bits per heavy atom. The van der Waals surface area contributed by atoms with Gasteiger partial charge in [-0.2, -0.15) is 5.10 Å². The monoisotopic (exact) mass is 307 g/mol. The van der Waals surface area contributed by atoms with Gasteiger partial charge in [0.1, 0.15) is 0 Å². The smallest absolute Gasteiger partial charge is 0.165 e. The molecule has 2 heterocycles. The number of hydrogen-bond acceptors (Lipinski definition) is 4. The second kappa shape index (κ2) is 5.95. The Morgan fingerprint density at radius 1 is 1.33 bits per heavy atom. The number of nitrogens with one attached hydrogen (secondary N) is 1. The number of nitrogens with zero attached hydrogens (tertiary/aromatic N) is 2. The second-order valence-electron chi connectivity index (χ2n) is 5.13. The third-order valence-electron chi connectivity index (χ3n) is 3.79. The molecule has 0 radical (unpaired) electrons. The standard InChI is InChI=1S/C15H18ClN3O2/c1-20-14-6-12(16)5-10(15(14)21-2)8-19-4-3-13-11(9-19)7-17-18-13/h5-7H,3-4,8-9H2,1-2H3,(H,17,18).